The Hall–Kier alpha value is -4.00. The highest BCUT2D eigenvalue weighted by Gasteiger charge is 2.54. The van der Waals surface area contributed by atoms with E-state index in [0.717, 1.165) is 13.0 Å². The van der Waals surface area contributed by atoms with E-state index in [4.69, 9.17) is 28.4 Å². The predicted molar refractivity (Wildman–Crippen MR) is 157 cm³/mol. The molecule has 2 saturated heterocycles. The lowest BCUT2D eigenvalue weighted by atomic mass is 9.96. The lowest BCUT2D eigenvalue weighted by Crippen LogP contribution is -2.65. The molecule has 10 unspecified atom stereocenters. The molecule has 0 aromatic heterocycles. The highest BCUT2D eigenvalue weighted by molar-refractivity contribution is 5.87. The molecule has 47 heavy (non-hydrogen) atoms. The zero-order chi connectivity index (χ0) is 34.4. The number of aliphatic hydroxyl groups is 4. The Morgan fingerprint density at radius 3 is 2.13 bits per heavy atom. The molecule has 10 atom stereocenters. The van der Waals surface area contributed by atoms with Crippen LogP contribution in [0.25, 0.3) is 6.08 Å². The Balaban J connectivity index is 1.61. The molecule has 2 aromatic carbocycles. The maximum atomic E-state index is 13.0. The maximum Gasteiger partial charge on any atom is 0.331 e. The Morgan fingerprint density at radius 2 is 1.49 bits per heavy atom. The molecule has 2 fully saturated rings. The summed E-state index contributed by atoms with van der Waals surface area (Å²) in [5.41, 5.74) is 0.879. The minimum atomic E-state index is -1.81. The van der Waals surface area contributed by atoms with Gasteiger partial charge in [-0.1, -0.05) is 12.1 Å². The lowest BCUT2D eigenvalue weighted by Gasteiger charge is -2.47. The molecule has 8 N–H and O–H groups in total. The number of hydrogen-bond acceptors (Lipinski definition) is 16. The first kappa shape index (κ1) is 35.8. The zero-order valence-corrected chi connectivity index (χ0v) is 25.4. The molecule has 0 spiro atoms. The van der Waals surface area contributed by atoms with Crippen molar-refractivity contribution in [3.8, 4) is 23.0 Å². The zero-order valence-electron chi connectivity index (χ0n) is 25.4. The van der Waals surface area contributed by atoms with Gasteiger partial charge in [-0.25, -0.2) is 4.79 Å². The van der Waals surface area contributed by atoms with E-state index in [1.165, 1.54) is 49.4 Å². The van der Waals surface area contributed by atoms with Crippen LogP contribution in [0.4, 0.5) is 0 Å². The normalized spacial score (nSPS) is 31.0. The van der Waals surface area contributed by atoms with Gasteiger partial charge in [-0.05, 0) is 54.8 Å². The van der Waals surface area contributed by atoms with Gasteiger partial charge in [-0.15, -0.1) is 0 Å². The average molecular weight is 667 g/mol. The molecule has 0 aliphatic carbocycles. The maximum absolute atomic E-state index is 13.0. The van der Waals surface area contributed by atoms with Crippen molar-refractivity contribution in [3.63, 3.8) is 0 Å². The van der Waals surface area contributed by atoms with Crippen LogP contribution in [-0.4, -0.2) is 127 Å². The van der Waals surface area contributed by atoms with Gasteiger partial charge in [0.2, 0.25) is 0 Å². The van der Waals surface area contributed by atoms with E-state index in [0.29, 0.717) is 11.1 Å². The number of carbonyl (C=O) groups excluding carboxylic acids is 2. The van der Waals surface area contributed by atoms with Crippen LogP contribution in [0.3, 0.4) is 0 Å². The molecule has 2 aliphatic rings. The van der Waals surface area contributed by atoms with Gasteiger partial charge in [0.25, 0.3) is 0 Å². The van der Waals surface area contributed by atoms with Gasteiger partial charge in [-0.3, -0.25) is 4.79 Å². The van der Waals surface area contributed by atoms with Crippen LogP contribution in [0.5, 0.6) is 23.0 Å². The molecule has 258 valence electrons. The molecule has 0 radical (unpaired) electrons. The van der Waals surface area contributed by atoms with Crippen molar-refractivity contribution in [2.45, 2.75) is 81.7 Å². The van der Waals surface area contributed by atoms with Crippen molar-refractivity contribution >= 4 is 18.0 Å². The van der Waals surface area contributed by atoms with E-state index in [1.807, 2.05) is 0 Å². The fourth-order valence-corrected chi connectivity index (χ4v) is 5.05. The third-order valence-corrected chi connectivity index (χ3v) is 7.55. The number of aromatic hydroxyl groups is 4. The first-order chi connectivity index (χ1) is 22.3. The summed E-state index contributed by atoms with van der Waals surface area (Å²) >= 11 is 0. The van der Waals surface area contributed by atoms with Gasteiger partial charge in [0.05, 0.1) is 19.3 Å². The molecule has 2 aromatic rings. The summed E-state index contributed by atoms with van der Waals surface area (Å²) in [7, 11) is 0. The van der Waals surface area contributed by atoms with Crippen molar-refractivity contribution in [1.29, 1.82) is 0 Å². The number of esters is 2. The second-order valence-corrected chi connectivity index (χ2v) is 11.0. The summed E-state index contributed by atoms with van der Waals surface area (Å²) in [5.74, 6) is -3.31. The Labute approximate surface area is 268 Å². The second kappa shape index (κ2) is 15.7. The smallest absolute Gasteiger partial charge is 0.331 e. The fraction of sp³-hybridized carbons (Fsp3) is 0.484. The second-order valence-electron chi connectivity index (χ2n) is 11.0. The molecule has 4 rings (SSSR count). The summed E-state index contributed by atoms with van der Waals surface area (Å²) in [6.45, 7) is 1.62. The van der Waals surface area contributed by atoms with Gasteiger partial charge >= 0.3 is 11.9 Å². The topological polar surface area (TPSA) is 251 Å². The van der Waals surface area contributed by atoms with Crippen LogP contribution in [0.15, 0.2) is 42.5 Å². The lowest BCUT2D eigenvalue weighted by molar-refractivity contribution is -0.358. The molecule has 16 nitrogen and oxygen atoms in total. The van der Waals surface area contributed by atoms with Crippen LogP contribution in [-0.2, 0) is 44.4 Å². The van der Waals surface area contributed by atoms with Crippen molar-refractivity contribution in [2.75, 3.05) is 13.2 Å². The van der Waals surface area contributed by atoms with Crippen molar-refractivity contribution in [1.82, 2.24) is 0 Å². The van der Waals surface area contributed by atoms with Crippen LogP contribution < -0.4 is 0 Å². The summed E-state index contributed by atoms with van der Waals surface area (Å²) in [6, 6.07) is 7.94. The third-order valence-electron chi connectivity index (χ3n) is 7.55. The van der Waals surface area contributed by atoms with Crippen molar-refractivity contribution < 1.29 is 78.9 Å². The summed E-state index contributed by atoms with van der Waals surface area (Å²) in [4.78, 5) is 25.3. The van der Waals surface area contributed by atoms with E-state index in [2.05, 4.69) is 0 Å². The molecule has 0 amide bonds. The number of ether oxygens (including phenoxy) is 6. The van der Waals surface area contributed by atoms with Crippen LogP contribution >= 0.6 is 0 Å². The standard InChI is InChI=1S/C31H38O16/c1-14-24(39)25(40)26(41)30(43-14)47-28-27(46-23(38)8-5-16-3-6-18(34)20(36)11-16)22(13-32)45-31(29(28)44-15(2)33)42-10-9-17-4-7-19(35)21(37)12-17/h3-8,11-12,14,22,24-32,34-37,39-41H,9-10,13H2,1-2H3/b8-5+. The highest BCUT2D eigenvalue weighted by atomic mass is 16.8. The number of benzene rings is 2. The monoisotopic (exact) mass is 666 g/mol. The van der Waals surface area contributed by atoms with E-state index < -0.39 is 85.7 Å². The Bertz CT molecular complexity index is 1410. The van der Waals surface area contributed by atoms with Crippen molar-refractivity contribution in [2.24, 2.45) is 0 Å². The van der Waals surface area contributed by atoms with Crippen LogP contribution in [0.2, 0.25) is 0 Å². The van der Waals surface area contributed by atoms with Crippen molar-refractivity contribution in [3.05, 3.63) is 53.6 Å². The highest BCUT2D eigenvalue weighted by Crippen LogP contribution is 2.33. The number of carbonyl (C=O) groups is 2. The Kier molecular flexibility index (Phi) is 12.0. The quantitative estimate of drug-likeness (QED) is 0.0859. The van der Waals surface area contributed by atoms with Gasteiger partial charge in [0.15, 0.2) is 47.8 Å². The third kappa shape index (κ3) is 8.88. The number of rotatable bonds is 11. The van der Waals surface area contributed by atoms with E-state index in [9.17, 15) is 50.4 Å². The summed E-state index contributed by atoms with van der Waals surface area (Å²) in [5, 5.41) is 80.1. The molecule has 2 aliphatic heterocycles. The first-order valence-corrected chi connectivity index (χ1v) is 14.6. The predicted octanol–water partition coefficient (Wildman–Crippen LogP) is -0.445. The summed E-state index contributed by atoms with van der Waals surface area (Å²) in [6.07, 6.45) is -12.7. The number of aliphatic hydroxyl groups excluding tert-OH is 4. The van der Waals surface area contributed by atoms with Gasteiger partial charge in [0, 0.05) is 13.0 Å². The van der Waals surface area contributed by atoms with Crippen LogP contribution in [0, 0.1) is 0 Å². The Morgan fingerprint density at radius 1 is 0.809 bits per heavy atom. The number of hydrogen-bond donors (Lipinski definition) is 8. The van der Waals surface area contributed by atoms with E-state index in [-0.39, 0.29) is 30.3 Å². The van der Waals surface area contributed by atoms with Gasteiger partial charge < -0.3 is 69.3 Å². The number of phenols is 4. The van der Waals surface area contributed by atoms with Gasteiger partial charge in [-0.2, -0.15) is 0 Å². The molecule has 16 heteroatoms. The first-order valence-electron chi connectivity index (χ1n) is 14.6. The minimum absolute atomic E-state index is 0.103. The molecular weight excluding hydrogens is 628 g/mol. The molecule has 0 bridgehead atoms. The van der Waals surface area contributed by atoms with E-state index >= 15 is 0 Å². The largest absolute Gasteiger partial charge is 0.504 e. The minimum Gasteiger partial charge on any atom is -0.504 e. The van der Waals surface area contributed by atoms with Gasteiger partial charge in [0.1, 0.15) is 30.5 Å². The fourth-order valence-electron chi connectivity index (χ4n) is 5.05. The molecular formula is C31H38O16. The average Bonchev–Trinajstić information content (AvgIpc) is 3.03. The number of phenolic OH excluding ortho intramolecular Hbond substituents is 4. The SMILES string of the molecule is CC(=O)OC1C(OCCc2ccc(O)c(O)c2)OC(CO)C(OC(=O)/C=C/c2ccc(O)c(O)c2)C1OC1OC(C)C(O)C(O)C1O. The van der Waals surface area contributed by atoms with E-state index in [1.54, 1.807) is 0 Å². The molecule has 2 heterocycles. The summed E-state index contributed by atoms with van der Waals surface area (Å²) < 4.78 is 34.4. The molecule has 0 saturated carbocycles. The van der Waals surface area contributed by atoms with Crippen LogP contribution in [0.1, 0.15) is 25.0 Å².